The lowest BCUT2D eigenvalue weighted by Gasteiger charge is -2.36. The highest BCUT2D eigenvalue weighted by Gasteiger charge is 2.31. The smallest absolute Gasteiger partial charge is 0.230 e. The maximum absolute atomic E-state index is 12.9. The Kier molecular flexibility index (Phi) is 7.20. The van der Waals surface area contributed by atoms with E-state index in [4.69, 9.17) is 0 Å². The molecule has 0 aromatic heterocycles. The first-order chi connectivity index (χ1) is 9.63. The van der Waals surface area contributed by atoms with Crippen LogP contribution in [0.25, 0.3) is 0 Å². The summed E-state index contributed by atoms with van der Waals surface area (Å²) in [6.07, 6.45) is 2.26. The Labute approximate surface area is 134 Å². The summed E-state index contributed by atoms with van der Waals surface area (Å²) in [6, 6.07) is 10.6. The van der Waals surface area contributed by atoms with Gasteiger partial charge in [-0.25, -0.2) is 0 Å². The van der Waals surface area contributed by atoms with Gasteiger partial charge in [0.15, 0.2) is 0 Å². The standard InChI is InChI=1S/C17H26N2O.ClH/c1-13(2)16(14-8-5-4-6-9-14)17(20)19-11-7-10-15(12-19)18-3;/h4-6,8-9,13,15-16,18H,7,10-12H2,1-3H3;1H. The Hall–Kier alpha value is -1.06. The van der Waals surface area contributed by atoms with E-state index in [-0.39, 0.29) is 24.2 Å². The van der Waals surface area contributed by atoms with Crippen molar-refractivity contribution in [1.29, 1.82) is 0 Å². The highest BCUT2D eigenvalue weighted by atomic mass is 35.5. The van der Waals surface area contributed by atoms with Crippen LogP contribution in [0.2, 0.25) is 0 Å². The molecule has 1 heterocycles. The van der Waals surface area contributed by atoms with Crippen molar-refractivity contribution < 1.29 is 4.79 Å². The number of nitrogens with zero attached hydrogens (tertiary/aromatic N) is 1. The first-order valence-electron chi connectivity index (χ1n) is 7.64. The molecule has 2 atom stereocenters. The molecule has 1 fully saturated rings. The van der Waals surface area contributed by atoms with Crippen LogP contribution in [0.15, 0.2) is 30.3 Å². The fraction of sp³-hybridized carbons (Fsp3) is 0.588. The van der Waals surface area contributed by atoms with Gasteiger partial charge in [0.1, 0.15) is 0 Å². The van der Waals surface area contributed by atoms with Gasteiger partial charge in [-0.2, -0.15) is 0 Å². The van der Waals surface area contributed by atoms with Gasteiger partial charge >= 0.3 is 0 Å². The molecular formula is C17H27ClN2O. The molecule has 0 saturated carbocycles. The molecule has 1 aliphatic heterocycles. The monoisotopic (exact) mass is 310 g/mol. The van der Waals surface area contributed by atoms with Crippen LogP contribution < -0.4 is 5.32 Å². The van der Waals surface area contributed by atoms with Gasteiger partial charge in [-0.1, -0.05) is 44.2 Å². The number of halogens is 1. The summed E-state index contributed by atoms with van der Waals surface area (Å²) in [6.45, 7) is 6.00. The fourth-order valence-electron chi connectivity index (χ4n) is 3.08. The van der Waals surface area contributed by atoms with Crippen molar-refractivity contribution in [3.8, 4) is 0 Å². The van der Waals surface area contributed by atoms with Crippen LogP contribution in [-0.4, -0.2) is 37.0 Å². The number of carbonyl (C=O) groups excluding carboxylic acids is 1. The van der Waals surface area contributed by atoms with Crippen molar-refractivity contribution in [2.45, 2.75) is 38.6 Å². The fourth-order valence-corrected chi connectivity index (χ4v) is 3.08. The van der Waals surface area contributed by atoms with Gasteiger partial charge in [0.2, 0.25) is 5.91 Å². The molecule has 1 saturated heterocycles. The first-order valence-corrected chi connectivity index (χ1v) is 7.64. The number of amides is 1. The number of nitrogens with one attached hydrogen (secondary N) is 1. The number of benzene rings is 1. The van der Waals surface area contributed by atoms with Crippen molar-refractivity contribution in [1.82, 2.24) is 10.2 Å². The molecule has 1 aliphatic rings. The van der Waals surface area contributed by atoms with Gasteiger partial charge in [-0.3, -0.25) is 4.79 Å². The maximum atomic E-state index is 12.9. The van der Waals surface area contributed by atoms with Crippen molar-refractivity contribution in [3.63, 3.8) is 0 Å². The SMILES string of the molecule is CNC1CCCN(C(=O)C(c2ccccc2)C(C)C)C1.Cl. The van der Waals surface area contributed by atoms with E-state index in [1.165, 1.54) is 0 Å². The number of likely N-dealkylation sites (N-methyl/N-ethyl adjacent to an activating group) is 1. The predicted octanol–water partition coefficient (Wildman–Crippen LogP) is 3.06. The lowest BCUT2D eigenvalue weighted by Crippen LogP contribution is -2.49. The molecule has 0 spiro atoms. The number of carbonyl (C=O) groups is 1. The van der Waals surface area contributed by atoms with E-state index in [1.54, 1.807) is 0 Å². The van der Waals surface area contributed by atoms with Crippen LogP contribution in [0.4, 0.5) is 0 Å². The van der Waals surface area contributed by atoms with E-state index >= 15 is 0 Å². The van der Waals surface area contributed by atoms with Crippen LogP contribution in [0.1, 0.15) is 38.2 Å². The number of likely N-dealkylation sites (tertiary alicyclic amines) is 1. The molecule has 0 bridgehead atoms. The molecule has 4 heteroatoms. The summed E-state index contributed by atoms with van der Waals surface area (Å²) < 4.78 is 0. The quantitative estimate of drug-likeness (QED) is 0.927. The topological polar surface area (TPSA) is 32.3 Å². The van der Waals surface area contributed by atoms with Crippen LogP contribution in [-0.2, 0) is 4.79 Å². The van der Waals surface area contributed by atoms with Crippen LogP contribution >= 0.6 is 12.4 Å². The zero-order chi connectivity index (χ0) is 14.5. The Bertz CT molecular complexity index is 436. The minimum atomic E-state index is -0.0215. The van der Waals surface area contributed by atoms with Gasteiger partial charge < -0.3 is 10.2 Å². The largest absolute Gasteiger partial charge is 0.341 e. The second kappa shape index (κ2) is 8.40. The second-order valence-electron chi connectivity index (χ2n) is 6.04. The molecule has 0 aliphatic carbocycles. The molecule has 21 heavy (non-hydrogen) atoms. The number of rotatable bonds is 4. The van der Waals surface area contributed by atoms with Gasteiger partial charge in [0, 0.05) is 19.1 Å². The maximum Gasteiger partial charge on any atom is 0.230 e. The molecule has 1 aromatic rings. The van der Waals surface area contributed by atoms with E-state index in [0.29, 0.717) is 12.0 Å². The van der Waals surface area contributed by atoms with E-state index in [1.807, 2.05) is 30.1 Å². The summed E-state index contributed by atoms with van der Waals surface area (Å²) in [4.78, 5) is 14.9. The lowest BCUT2D eigenvalue weighted by atomic mass is 9.86. The van der Waals surface area contributed by atoms with Crippen LogP contribution in [0.5, 0.6) is 0 Å². The third-order valence-electron chi connectivity index (χ3n) is 4.23. The van der Waals surface area contributed by atoms with Gasteiger partial charge in [0.25, 0.3) is 0 Å². The molecule has 1 aromatic carbocycles. The molecule has 118 valence electrons. The third-order valence-corrected chi connectivity index (χ3v) is 4.23. The van der Waals surface area contributed by atoms with Crippen molar-refractivity contribution in [2.75, 3.05) is 20.1 Å². The highest BCUT2D eigenvalue weighted by Crippen LogP contribution is 2.27. The Balaban J connectivity index is 0.00000220. The van der Waals surface area contributed by atoms with Gasteiger partial charge in [0.05, 0.1) is 5.92 Å². The number of piperidine rings is 1. The molecule has 2 rings (SSSR count). The summed E-state index contributed by atoms with van der Waals surface area (Å²) in [7, 11) is 1.98. The lowest BCUT2D eigenvalue weighted by molar-refractivity contribution is -0.135. The molecule has 1 amide bonds. The van der Waals surface area contributed by atoms with Gasteiger partial charge in [-0.15, -0.1) is 12.4 Å². The average molecular weight is 311 g/mol. The van der Waals surface area contributed by atoms with Crippen LogP contribution in [0.3, 0.4) is 0 Å². The molecule has 2 unspecified atom stereocenters. The van der Waals surface area contributed by atoms with Crippen molar-refractivity contribution in [3.05, 3.63) is 35.9 Å². The zero-order valence-electron chi connectivity index (χ0n) is 13.2. The molecular weight excluding hydrogens is 284 g/mol. The predicted molar refractivity (Wildman–Crippen MR) is 89.9 cm³/mol. The summed E-state index contributed by atoms with van der Waals surface area (Å²) in [5, 5.41) is 3.30. The van der Waals surface area contributed by atoms with Crippen molar-refractivity contribution >= 4 is 18.3 Å². The minimum absolute atomic E-state index is 0. The number of hydrogen-bond acceptors (Lipinski definition) is 2. The van der Waals surface area contributed by atoms with Crippen LogP contribution in [0, 0.1) is 5.92 Å². The normalized spacial score (nSPS) is 20.0. The number of hydrogen-bond donors (Lipinski definition) is 1. The van der Waals surface area contributed by atoms with Gasteiger partial charge in [-0.05, 0) is 31.4 Å². The summed E-state index contributed by atoms with van der Waals surface area (Å²) >= 11 is 0. The zero-order valence-corrected chi connectivity index (χ0v) is 14.0. The Morgan fingerprint density at radius 3 is 2.52 bits per heavy atom. The molecule has 3 nitrogen and oxygen atoms in total. The summed E-state index contributed by atoms with van der Waals surface area (Å²) in [5.74, 6) is 0.581. The first kappa shape index (κ1) is 18.0. The molecule has 1 N–H and O–H groups in total. The van der Waals surface area contributed by atoms with Crippen molar-refractivity contribution in [2.24, 2.45) is 5.92 Å². The molecule has 0 radical (unpaired) electrons. The Morgan fingerprint density at radius 2 is 1.95 bits per heavy atom. The average Bonchev–Trinajstić information content (AvgIpc) is 2.48. The second-order valence-corrected chi connectivity index (χ2v) is 6.04. The van der Waals surface area contributed by atoms with E-state index in [0.717, 1.165) is 31.5 Å². The Morgan fingerprint density at radius 1 is 1.29 bits per heavy atom. The van der Waals surface area contributed by atoms with E-state index < -0.39 is 0 Å². The van der Waals surface area contributed by atoms with E-state index in [2.05, 4.69) is 31.3 Å². The summed E-state index contributed by atoms with van der Waals surface area (Å²) in [5.41, 5.74) is 1.14. The van der Waals surface area contributed by atoms with E-state index in [9.17, 15) is 4.79 Å². The third kappa shape index (κ3) is 4.45. The highest BCUT2D eigenvalue weighted by molar-refractivity contribution is 5.85. The minimum Gasteiger partial charge on any atom is -0.341 e.